The van der Waals surface area contributed by atoms with Crippen LogP contribution in [0.25, 0.3) is 0 Å². The van der Waals surface area contributed by atoms with E-state index in [1.54, 1.807) is 0 Å². The van der Waals surface area contributed by atoms with E-state index in [0.717, 1.165) is 19.3 Å². The first-order chi connectivity index (χ1) is 9.06. The van der Waals surface area contributed by atoms with E-state index in [9.17, 15) is 14.7 Å². The van der Waals surface area contributed by atoms with Gasteiger partial charge < -0.3 is 14.8 Å². The van der Waals surface area contributed by atoms with Gasteiger partial charge in [-0.25, -0.2) is 4.79 Å². The summed E-state index contributed by atoms with van der Waals surface area (Å²) in [6, 6.07) is 1.26. The lowest BCUT2D eigenvalue weighted by molar-refractivity contribution is 0.0945. The molecule has 0 bridgehead atoms. The van der Waals surface area contributed by atoms with Gasteiger partial charge in [0.2, 0.25) is 0 Å². The first-order valence-corrected chi connectivity index (χ1v) is 6.68. The molecule has 0 aliphatic heterocycles. The summed E-state index contributed by atoms with van der Waals surface area (Å²) in [5, 5.41) is 12.2. The molecular formula is C14H21NO4. The summed E-state index contributed by atoms with van der Waals surface area (Å²) >= 11 is 0. The van der Waals surface area contributed by atoms with Gasteiger partial charge in [-0.2, -0.15) is 0 Å². The zero-order valence-corrected chi connectivity index (χ0v) is 11.5. The molecule has 0 aliphatic carbocycles. The maximum Gasteiger partial charge on any atom is 0.352 e. The van der Waals surface area contributed by atoms with E-state index in [2.05, 4.69) is 12.2 Å². The van der Waals surface area contributed by atoms with Gasteiger partial charge in [0.25, 0.3) is 5.91 Å². The van der Waals surface area contributed by atoms with Gasteiger partial charge >= 0.3 is 5.63 Å². The fourth-order valence-corrected chi connectivity index (χ4v) is 1.82. The van der Waals surface area contributed by atoms with Gasteiger partial charge in [0.05, 0.1) is 0 Å². The van der Waals surface area contributed by atoms with Crippen LogP contribution in [0.15, 0.2) is 15.3 Å². The van der Waals surface area contributed by atoms with Crippen molar-refractivity contribution in [2.45, 2.75) is 46.0 Å². The summed E-state index contributed by atoms with van der Waals surface area (Å²) in [6.45, 7) is 4.17. The topological polar surface area (TPSA) is 79.5 Å². The summed E-state index contributed by atoms with van der Waals surface area (Å²) in [7, 11) is 0. The molecule has 5 heteroatoms. The van der Waals surface area contributed by atoms with Gasteiger partial charge in [0, 0.05) is 12.6 Å². The number of aryl methyl sites for hydroxylation is 1. The number of carbonyl (C=O) groups is 1. The summed E-state index contributed by atoms with van der Waals surface area (Å²) < 4.78 is 4.79. The number of nitrogens with one attached hydrogen (secondary N) is 1. The Balaban J connectivity index is 2.48. The normalized spacial score (nSPS) is 10.4. The second kappa shape index (κ2) is 7.61. The Labute approximate surface area is 112 Å². The van der Waals surface area contributed by atoms with E-state index in [0.29, 0.717) is 6.54 Å². The quantitative estimate of drug-likeness (QED) is 0.743. The average Bonchev–Trinajstić information content (AvgIpc) is 2.32. The highest BCUT2D eigenvalue weighted by molar-refractivity contribution is 5.96. The molecule has 1 aromatic heterocycles. The minimum atomic E-state index is -0.805. The standard InChI is InChI=1S/C14H21NO4/c1-3-4-5-6-7-8-15-13(17)12-11(16)9-10(2)19-14(12)18/h9,16H,3-8H2,1-2H3,(H,15,17). The molecule has 0 spiro atoms. The van der Waals surface area contributed by atoms with E-state index in [1.165, 1.54) is 25.8 Å². The lowest BCUT2D eigenvalue weighted by Crippen LogP contribution is -2.29. The Morgan fingerprint density at radius 2 is 2.00 bits per heavy atom. The fourth-order valence-electron chi connectivity index (χ4n) is 1.82. The Bertz CT molecular complexity index is 479. The van der Waals surface area contributed by atoms with Crippen LogP contribution in [0.1, 0.15) is 55.1 Å². The average molecular weight is 267 g/mol. The van der Waals surface area contributed by atoms with E-state index in [1.807, 2.05) is 0 Å². The van der Waals surface area contributed by atoms with Crippen LogP contribution in [0.5, 0.6) is 5.75 Å². The molecule has 0 saturated heterocycles. The Morgan fingerprint density at radius 1 is 1.32 bits per heavy atom. The Morgan fingerprint density at radius 3 is 2.63 bits per heavy atom. The van der Waals surface area contributed by atoms with Gasteiger partial charge in [0.15, 0.2) is 5.56 Å². The number of unbranched alkanes of at least 4 members (excludes halogenated alkanes) is 4. The van der Waals surface area contributed by atoms with E-state index in [4.69, 9.17) is 4.42 Å². The van der Waals surface area contributed by atoms with Crippen LogP contribution in [0.3, 0.4) is 0 Å². The molecule has 0 saturated carbocycles. The SMILES string of the molecule is CCCCCCCNC(=O)c1c(O)cc(C)oc1=O. The van der Waals surface area contributed by atoms with Crippen LogP contribution in [-0.2, 0) is 0 Å². The van der Waals surface area contributed by atoms with Crippen LogP contribution < -0.4 is 10.9 Å². The molecule has 106 valence electrons. The summed E-state index contributed by atoms with van der Waals surface area (Å²) in [5.41, 5.74) is -1.12. The maximum absolute atomic E-state index is 11.8. The lowest BCUT2D eigenvalue weighted by Gasteiger charge is -2.06. The van der Waals surface area contributed by atoms with Crippen molar-refractivity contribution in [3.05, 3.63) is 27.8 Å². The van der Waals surface area contributed by atoms with Crippen molar-refractivity contribution >= 4 is 5.91 Å². The Kier molecular flexibility index (Phi) is 6.12. The summed E-state index contributed by atoms with van der Waals surface area (Å²) in [4.78, 5) is 23.2. The highest BCUT2D eigenvalue weighted by atomic mass is 16.4. The number of carbonyl (C=O) groups excluding carboxylic acids is 1. The molecule has 1 aromatic rings. The highest BCUT2D eigenvalue weighted by Crippen LogP contribution is 2.14. The second-order valence-corrected chi connectivity index (χ2v) is 4.57. The van der Waals surface area contributed by atoms with Gasteiger partial charge in [-0.3, -0.25) is 4.79 Å². The van der Waals surface area contributed by atoms with Crippen LogP contribution in [0.2, 0.25) is 0 Å². The minimum absolute atomic E-state index is 0.276. The molecule has 5 nitrogen and oxygen atoms in total. The third-order valence-electron chi connectivity index (χ3n) is 2.85. The largest absolute Gasteiger partial charge is 0.507 e. The van der Waals surface area contributed by atoms with Crippen molar-refractivity contribution in [2.24, 2.45) is 0 Å². The van der Waals surface area contributed by atoms with Gasteiger partial charge in [-0.05, 0) is 13.3 Å². The van der Waals surface area contributed by atoms with Crippen LogP contribution in [-0.4, -0.2) is 17.6 Å². The van der Waals surface area contributed by atoms with Gasteiger partial charge in [0.1, 0.15) is 11.5 Å². The van der Waals surface area contributed by atoms with Crippen LogP contribution >= 0.6 is 0 Å². The van der Waals surface area contributed by atoms with Crippen LogP contribution in [0.4, 0.5) is 0 Å². The van der Waals surface area contributed by atoms with Crippen molar-refractivity contribution in [1.29, 1.82) is 0 Å². The third kappa shape index (κ3) is 4.77. The van der Waals surface area contributed by atoms with E-state index < -0.39 is 11.5 Å². The fraction of sp³-hybridized carbons (Fsp3) is 0.571. The highest BCUT2D eigenvalue weighted by Gasteiger charge is 2.17. The second-order valence-electron chi connectivity index (χ2n) is 4.57. The van der Waals surface area contributed by atoms with Gasteiger partial charge in [-0.15, -0.1) is 0 Å². The number of amides is 1. The predicted molar refractivity (Wildman–Crippen MR) is 72.5 cm³/mol. The maximum atomic E-state index is 11.8. The molecule has 1 rings (SSSR count). The van der Waals surface area contributed by atoms with Crippen molar-refractivity contribution in [3.63, 3.8) is 0 Å². The van der Waals surface area contributed by atoms with Crippen LogP contribution in [0, 0.1) is 6.92 Å². The summed E-state index contributed by atoms with van der Waals surface area (Å²) in [6.07, 6.45) is 5.41. The molecule has 0 radical (unpaired) electrons. The molecule has 0 aliphatic rings. The van der Waals surface area contributed by atoms with Crippen molar-refractivity contribution < 1.29 is 14.3 Å². The summed E-state index contributed by atoms with van der Waals surface area (Å²) in [5.74, 6) is -0.641. The van der Waals surface area contributed by atoms with E-state index in [-0.39, 0.29) is 17.1 Å². The molecule has 0 aromatic carbocycles. The van der Waals surface area contributed by atoms with Crippen molar-refractivity contribution in [2.75, 3.05) is 6.54 Å². The first-order valence-electron chi connectivity index (χ1n) is 6.68. The molecular weight excluding hydrogens is 246 g/mol. The van der Waals surface area contributed by atoms with Crippen molar-refractivity contribution in [3.8, 4) is 5.75 Å². The number of hydrogen-bond donors (Lipinski definition) is 2. The first kappa shape index (κ1) is 15.3. The molecule has 2 N–H and O–H groups in total. The molecule has 1 amide bonds. The molecule has 0 unspecified atom stereocenters. The molecule has 1 heterocycles. The molecule has 19 heavy (non-hydrogen) atoms. The lowest BCUT2D eigenvalue weighted by atomic mass is 10.1. The third-order valence-corrected chi connectivity index (χ3v) is 2.85. The number of rotatable bonds is 7. The minimum Gasteiger partial charge on any atom is -0.507 e. The number of hydrogen-bond acceptors (Lipinski definition) is 4. The predicted octanol–water partition coefficient (Wildman–Crippen LogP) is 2.35. The number of aromatic hydroxyl groups is 1. The molecule has 0 atom stereocenters. The monoisotopic (exact) mass is 267 g/mol. The Hall–Kier alpha value is -1.78. The zero-order valence-electron chi connectivity index (χ0n) is 11.5. The smallest absolute Gasteiger partial charge is 0.352 e. The molecule has 0 fully saturated rings. The van der Waals surface area contributed by atoms with E-state index >= 15 is 0 Å². The zero-order chi connectivity index (χ0) is 14.3. The van der Waals surface area contributed by atoms with Crippen molar-refractivity contribution in [1.82, 2.24) is 5.32 Å². The van der Waals surface area contributed by atoms with Gasteiger partial charge in [-0.1, -0.05) is 32.6 Å².